The molecule has 0 saturated carbocycles. The third-order valence-corrected chi connectivity index (χ3v) is 2.34. The van der Waals surface area contributed by atoms with Crippen molar-refractivity contribution in [1.29, 1.82) is 0 Å². The highest BCUT2D eigenvalue weighted by Crippen LogP contribution is 2.00. The van der Waals surface area contributed by atoms with Crippen LogP contribution in [0.4, 0.5) is 0 Å². The number of carbonyl (C=O) groups excluding carboxylic acids is 1. The van der Waals surface area contributed by atoms with Crippen molar-refractivity contribution >= 4 is 5.91 Å². The minimum absolute atomic E-state index is 0.302. The molecule has 1 heterocycles. The Bertz CT molecular complexity index is 349. The SMILES string of the molecule is CCn1nccc1C(=O)N[C@H](CO)[C@@H](C)O. The average Bonchev–Trinajstić information content (AvgIpc) is 2.72. The number of amides is 1. The van der Waals surface area contributed by atoms with E-state index in [0.717, 1.165) is 0 Å². The highest BCUT2D eigenvalue weighted by molar-refractivity contribution is 5.92. The summed E-state index contributed by atoms with van der Waals surface area (Å²) in [6, 6.07) is 0.933. The van der Waals surface area contributed by atoms with E-state index >= 15 is 0 Å². The first-order valence-electron chi connectivity index (χ1n) is 5.21. The fraction of sp³-hybridized carbons (Fsp3) is 0.600. The van der Waals surface area contributed by atoms with Crippen LogP contribution in [0, 0.1) is 0 Å². The number of hydrogen-bond donors (Lipinski definition) is 3. The van der Waals surface area contributed by atoms with Gasteiger partial charge < -0.3 is 15.5 Å². The normalized spacial score (nSPS) is 14.5. The van der Waals surface area contributed by atoms with Crippen molar-refractivity contribution in [2.45, 2.75) is 32.5 Å². The molecule has 0 aliphatic rings. The lowest BCUT2D eigenvalue weighted by Crippen LogP contribution is -2.45. The summed E-state index contributed by atoms with van der Waals surface area (Å²) in [5, 5.41) is 24.8. The van der Waals surface area contributed by atoms with Crippen LogP contribution in [0.1, 0.15) is 24.3 Å². The van der Waals surface area contributed by atoms with E-state index < -0.39 is 12.1 Å². The van der Waals surface area contributed by atoms with E-state index in [2.05, 4.69) is 10.4 Å². The molecule has 1 aromatic heterocycles. The first-order valence-corrected chi connectivity index (χ1v) is 5.21. The van der Waals surface area contributed by atoms with Gasteiger partial charge in [-0.1, -0.05) is 0 Å². The van der Waals surface area contributed by atoms with Gasteiger partial charge in [0.2, 0.25) is 0 Å². The van der Waals surface area contributed by atoms with Crippen molar-refractivity contribution in [3.63, 3.8) is 0 Å². The number of carbonyl (C=O) groups is 1. The Morgan fingerprint density at radius 1 is 1.69 bits per heavy atom. The van der Waals surface area contributed by atoms with E-state index in [1.54, 1.807) is 10.7 Å². The summed E-state index contributed by atoms with van der Waals surface area (Å²) >= 11 is 0. The topological polar surface area (TPSA) is 87.4 Å². The number of aryl methyl sites for hydroxylation is 1. The zero-order valence-electron chi connectivity index (χ0n) is 9.42. The molecule has 6 heteroatoms. The minimum Gasteiger partial charge on any atom is -0.394 e. The average molecular weight is 227 g/mol. The van der Waals surface area contributed by atoms with Gasteiger partial charge in [0.05, 0.1) is 18.8 Å². The van der Waals surface area contributed by atoms with Crippen molar-refractivity contribution in [1.82, 2.24) is 15.1 Å². The molecule has 0 unspecified atom stereocenters. The van der Waals surface area contributed by atoms with Crippen LogP contribution < -0.4 is 5.32 Å². The van der Waals surface area contributed by atoms with Gasteiger partial charge in [0.1, 0.15) is 5.69 Å². The van der Waals surface area contributed by atoms with Gasteiger partial charge in [-0.3, -0.25) is 9.48 Å². The summed E-state index contributed by atoms with van der Waals surface area (Å²) < 4.78 is 1.55. The van der Waals surface area contributed by atoms with Crippen LogP contribution in [0.25, 0.3) is 0 Å². The molecule has 2 atom stereocenters. The summed E-state index contributed by atoms with van der Waals surface area (Å²) in [7, 11) is 0. The molecule has 16 heavy (non-hydrogen) atoms. The number of nitrogens with one attached hydrogen (secondary N) is 1. The predicted octanol–water partition coefficient (Wildman–Crippen LogP) is -0.626. The van der Waals surface area contributed by atoms with Crippen molar-refractivity contribution in [3.05, 3.63) is 18.0 Å². The summed E-state index contributed by atoms with van der Waals surface area (Å²) in [5.74, 6) is -0.348. The van der Waals surface area contributed by atoms with Crippen LogP contribution in [0.3, 0.4) is 0 Å². The van der Waals surface area contributed by atoms with Crippen molar-refractivity contribution in [2.75, 3.05) is 6.61 Å². The predicted molar refractivity (Wildman–Crippen MR) is 57.9 cm³/mol. The molecule has 0 saturated heterocycles. The Balaban J connectivity index is 2.71. The van der Waals surface area contributed by atoms with Gasteiger partial charge in [-0.2, -0.15) is 5.10 Å². The summed E-state index contributed by atoms with van der Waals surface area (Å²) in [5.41, 5.74) is 0.418. The van der Waals surface area contributed by atoms with Gasteiger partial charge in [-0.25, -0.2) is 0 Å². The summed E-state index contributed by atoms with van der Waals surface area (Å²) in [6.07, 6.45) is 0.737. The second kappa shape index (κ2) is 5.62. The Labute approximate surface area is 93.9 Å². The van der Waals surface area contributed by atoms with Gasteiger partial charge in [-0.15, -0.1) is 0 Å². The van der Waals surface area contributed by atoms with Crippen LogP contribution in [-0.2, 0) is 6.54 Å². The lowest BCUT2D eigenvalue weighted by molar-refractivity contribution is 0.0749. The lowest BCUT2D eigenvalue weighted by Gasteiger charge is -2.18. The molecular weight excluding hydrogens is 210 g/mol. The second-order valence-electron chi connectivity index (χ2n) is 3.54. The standard InChI is InChI=1S/C10H17N3O3/c1-3-13-9(4-5-11-13)10(16)12-8(6-14)7(2)15/h4-5,7-8,14-15H,3,6H2,1-2H3,(H,12,16)/t7-,8-/m1/s1. The Morgan fingerprint density at radius 3 is 2.88 bits per heavy atom. The van der Waals surface area contributed by atoms with Gasteiger partial charge in [-0.05, 0) is 19.9 Å². The lowest BCUT2D eigenvalue weighted by atomic mass is 10.2. The largest absolute Gasteiger partial charge is 0.394 e. The molecule has 1 aromatic rings. The van der Waals surface area contributed by atoms with Crippen LogP contribution in [-0.4, -0.2) is 44.7 Å². The number of aliphatic hydroxyl groups excluding tert-OH is 2. The van der Waals surface area contributed by atoms with Crippen molar-refractivity contribution < 1.29 is 15.0 Å². The van der Waals surface area contributed by atoms with E-state index in [1.165, 1.54) is 13.1 Å². The molecule has 0 radical (unpaired) electrons. The Kier molecular flexibility index (Phi) is 4.45. The smallest absolute Gasteiger partial charge is 0.269 e. The Hall–Kier alpha value is -1.40. The minimum atomic E-state index is -0.799. The first-order chi connectivity index (χ1) is 7.60. The van der Waals surface area contributed by atoms with Gasteiger partial charge >= 0.3 is 0 Å². The molecule has 0 aromatic carbocycles. The maximum atomic E-state index is 11.8. The van der Waals surface area contributed by atoms with Crippen molar-refractivity contribution in [2.24, 2.45) is 0 Å². The molecule has 0 spiro atoms. The maximum Gasteiger partial charge on any atom is 0.269 e. The van der Waals surface area contributed by atoms with E-state index in [4.69, 9.17) is 5.11 Å². The van der Waals surface area contributed by atoms with Gasteiger partial charge in [0, 0.05) is 12.7 Å². The molecule has 0 bridgehead atoms. The number of aliphatic hydroxyl groups is 2. The Morgan fingerprint density at radius 2 is 2.38 bits per heavy atom. The van der Waals surface area contributed by atoms with E-state index in [-0.39, 0.29) is 12.5 Å². The number of rotatable bonds is 5. The number of nitrogens with zero attached hydrogens (tertiary/aromatic N) is 2. The van der Waals surface area contributed by atoms with Crippen LogP contribution in [0.2, 0.25) is 0 Å². The molecule has 0 aliphatic heterocycles. The highest BCUT2D eigenvalue weighted by Gasteiger charge is 2.19. The third-order valence-electron chi connectivity index (χ3n) is 2.34. The molecule has 3 N–H and O–H groups in total. The maximum absolute atomic E-state index is 11.8. The highest BCUT2D eigenvalue weighted by atomic mass is 16.3. The number of hydrogen-bond acceptors (Lipinski definition) is 4. The van der Waals surface area contributed by atoms with Crippen LogP contribution in [0.5, 0.6) is 0 Å². The summed E-state index contributed by atoms with van der Waals surface area (Å²) in [4.78, 5) is 11.8. The molecule has 0 aliphatic carbocycles. The van der Waals surface area contributed by atoms with Gasteiger partial charge in [0.15, 0.2) is 0 Å². The van der Waals surface area contributed by atoms with E-state index in [9.17, 15) is 9.90 Å². The molecular formula is C10H17N3O3. The zero-order chi connectivity index (χ0) is 12.1. The fourth-order valence-electron chi connectivity index (χ4n) is 1.34. The van der Waals surface area contributed by atoms with E-state index in [1.807, 2.05) is 6.92 Å². The molecule has 0 fully saturated rings. The van der Waals surface area contributed by atoms with Crippen LogP contribution >= 0.6 is 0 Å². The van der Waals surface area contributed by atoms with E-state index in [0.29, 0.717) is 12.2 Å². The fourth-order valence-corrected chi connectivity index (χ4v) is 1.34. The molecule has 90 valence electrons. The zero-order valence-corrected chi connectivity index (χ0v) is 9.42. The molecule has 6 nitrogen and oxygen atoms in total. The summed E-state index contributed by atoms with van der Waals surface area (Å²) in [6.45, 7) is 3.68. The quantitative estimate of drug-likeness (QED) is 0.625. The monoisotopic (exact) mass is 227 g/mol. The van der Waals surface area contributed by atoms with Crippen molar-refractivity contribution in [3.8, 4) is 0 Å². The first kappa shape index (κ1) is 12.7. The molecule has 1 amide bonds. The van der Waals surface area contributed by atoms with Crippen LogP contribution in [0.15, 0.2) is 12.3 Å². The number of aromatic nitrogens is 2. The van der Waals surface area contributed by atoms with Gasteiger partial charge in [0.25, 0.3) is 5.91 Å². The second-order valence-corrected chi connectivity index (χ2v) is 3.54. The third kappa shape index (κ3) is 2.80. The molecule has 1 rings (SSSR count).